The fourth-order valence-electron chi connectivity index (χ4n) is 1.40. The number of rotatable bonds is 2. The van der Waals surface area contributed by atoms with Gasteiger partial charge in [0.2, 0.25) is 0 Å². The Balaban J connectivity index is 2.50. The molecule has 1 atom stereocenters. The number of halogens is 1. The van der Waals surface area contributed by atoms with Gasteiger partial charge in [0, 0.05) is 20.8 Å². The third-order valence-corrected chi connectivity index (χ3v) is 3.41. The van der Waals surface area contributed by atoms with Crippen LogP contribution >= 0.6 is 27.5 Å². The minimum Gasteiger partial charge on any atom is -0.328 e. The van der Waals surface area contributed by atoms with Crippen LogP contribution in [0.15, 0.2) is 22.7 Å². The van der Waals surface area contributed by atoms with E-state index in [0.29, 0.717) is 0 Å². The van der Waals surface area contributed by atoms with Crippen molar-refractivity contribution in [3.63, 3.8) is 0 Å². The summed E-state index contributed by atoms with van der Waals surface area (Å²) in [4.78, 5) is 1.27. The summed E-state index contributed by atoms with van der Waals surface area (Å²) in [5.41, 5.74) is 6.84. The number of nitrogens with zero attached hydrogens (tertiary/aromatic N) is 1. The molecule has 0 saturated heterocycles. The van der Waals surface area contributed by atoms with Crippen molar-refractivity contribution in [1.29, 1.82) is 0 Å². The summed E-state index contributed by atoms with van der Waals surface area (Å²) in [5.74, 6) is 0. The van der Waals surface area contributed by atoms with Crippen LogP contribution in [0.1, 0.15) is 11.8 Å². The molecule has 2 aromatic rings. The van der Waals surface area contributed by atoms with Crippen molar-refractivity contribution < 1.29 is 0 Å². The molecule has 0 aliphatic carbocycles. The maximum atomic E-state index is 5.78. The predicted molar refractivity (Wildman–Crippen MR) is 64.7 cm³/mol. The molecule has 0 amide bonds. The van der Waals surface area contributed by atoms with Crippen molar-refractivity contribution in [2.45, 2.75) is 19.4 Å². The van der Waals surface area contributed by atoms with Crippen LogP contribution in [-0.2, 0) is 6.42 Å². The Kier molecular flexibility index (Phi) is 2.85. The summed E-state index contributed by atoms with van der Waals surface area (Å²) in [6, 6.07) is 6.34. The standard InChI is InChI=1S/C10H11BrN2S/c1-6(12)4-10-8-5-7(11)2-3-9(8)13-14-10/h2-3,5-6H,4,12H2,1H3. The van der Waals surface area contributed by atoms with Gasteiger partial charge in [-0.05, 0) is 43.1 Å². The van der Waals surface area contributed by atoms with E-state index in [1.54, 1.807) is 11.5 Å². The van der Waals surface area contributed by atoms with Gasteiger partial charge in [-0.15, -0.1) is 0 Å². The van der Waals surface area contributed by atoms with E-state index in [2.05, 4.69) is 26.4 Å². The molecule has 0 fully saturated rings. The zero-order valence-corrected chi connectivity index (χ0v) is 10.2. The van der Waals surface area contributed by atoms with E-state index in [1.807, 2.05) is 19.1 Å². The first-order valence-corrected chi connectivity index (χ1v) is 6.03. The molecule has 2 rings (SSSR count). The lowest BCUT2D eigenvalue weighted by molar-refractivity contribution is 0.749. The summed E-state index contributed by atoms with van der Waals surface area (Å²) in [7, 11) is 0. The lowest BCUT2D eigenvalue weighted by Crippen LogP contribution is -2.17. The predicted octanol–water partition coefficient (Wildman–Crippen LogP) is 2.95. The van der Waals surface area contributed by atoms with Crippen molar-refractivity contribution in [3.8, 4) is 0 Å². The van der Waals surface area contributed by atoms with Crippen LogP contribution in [0.3, 0.4) is 0 Å². The van der Waals surface area contributed by atoms with E-state index in [-0.39, 0.29) is 6.04 Å². The van der Waals surface area contributed by atoms with Gasteiger partial charge in [-0.25, -0.2) is 0 Å². The van der Waals surface area contributed by atoms with Gasteiger partial charge >= 0.3 is 0 Å². The Bertz CT molecular complexity index is 450. The second kappa shape index (κ2) is 3.96. The lowest BCUT2D eigenvalue weighted by atomic mass is 10.1. The van der Waals surface area contributed by atoms with Crippen LogP contribution in [0, 0.1) is 0 Å². The van der Waals surface area contributed by atoms with Gasteiger partial charge in [0.15, 0.2) is 0 Å². The number of aromatic nitrogens is 1. The zero-order valence-electron chi connectivity index (χ0n) is 7.83. The average Bonchev–Trinajstić information content (AvgIpc) is 2.47. The third kappa shape index (κ3) is 1.97. The van der Waals surface area contributed by atoms with Crippen molar-refractivity contribution in [3.05, 3.63) is 27.5 Å². The number of nitrogens with two attached hydrogens (primary N) is 1. The molecule has 0 radical (unpaired) electrons. The number of hydrogen-bond acceptors (Lipinski definition) is 3. The van der Waals surface area contributed by atoms with E-state index in [1.165, 1.54) is 10.3 Å². The van der Waals surface area contributed by atoms with Gasteiger partial charge in [0.25, 0.3) is 0 Å². The molecule has 0 aliphatic rings. The van der Waals surface area contributed by atoms with Gasteiger partial charge in [-0.3, -0.25) is 0 Å². The largest absolute Gasteiger partial charge is 0.328 e. The molecule has 0 aliphatic heterocycles. The Labute approximate surface area is 95.4 Å². The van der Waals surface area contributed by atoms with Crippen molar-refractivity contribution in [2.24, 2.45) is 5.73 Å². The Hall–Kier alpha value is -0.450. The maximum Gasteiger partial charge on any atom is 0.0844 e. The molecule has 0 bridgehead atoms. The fourth-order valence-corrected chi connectivity index (χ4v) is 2.73. The number of hydrogen-bond donors (Lipinski definition) is 1. The highest BCUT2D eigenvalue weighted by Gasteiger charge is 2.07. The molecule has 1 heterocycles. The molecule has 1 unspecified atom stereocenters. The molecule has 0 saturated carbocycles. The molecule has 14 heavy (non-hydrogen) atoms. The summed E-state index contributed by atoms with van der Waals surface area (Å²) >= 11 is 5.01. The Morgan fingerprint density at radius 2 is 2.36 bits per heavy atom. The Morgan fingerprint density at radius 1 is 1.57 bits per heavy atom. The molecule has 2 N–H and O–H groups in total. The highest BCUT2D eigenvalue weighted by molar-refractivity contribution is 9.10. The second-order valence-electron chi connectivity index (χ2n) is 3.45. The summed E-state index contributed by atoms with van der Waals surface area (Å²) in [6.07, 6.45) is 0.900. The normalized spacial score (nSPS) is 13.4. The zero-order chi connectivity index (χ0) is 10.1. The summed E-state index contributed by atoms with van der Waals surface area (Å²) < 4.78 is 5.47. The smallest absolute Gasteiger partial charge is 0.0844 e. The van der Waals surface area contributed by atoms with Gasteiger partial charge in [-0.1, -0.05) is 15.9 Å². The molecule has 0 spiro atoms. The maximum absolute atomic E-state index is 5.78. The second-order valence-corrected chi connectivity index (χ2v) is 5.22. The molecular formula is C10H11BrN2S. The highest BCUT2D eigenvalue weighted by atomic mass is 79.9. The van der Waals surface area contributed by atoms with E-state index < -0.39 is 0 Å². The minimum absolute atomic E-state index is 0.192. The molecular weight excluding hydrogens is 260 g/mol. The topological polar surface area (TPSA) is 38.9 Å². The first kappa shape index (κ1) is 10.1. The van der Waals surface area contributed by atoms with Crippen molar-refractivity contribution >= 4 is 38.4 Å². The first-order valence-electron chi connectivity index (χ1n) is 4.46. The van der Waals surface area contributed by atoms with E-state index >= 15 is 0 Å². The summed E-state index contributed by atoms with van der Waals surface area (Å²) in [5, 5.41) is 1.22. The minimum atomic E-state index is 0.192. The van der Waals surface area contributed by atoms with Crippen LogP contribution in [0.5, 0.6) is 0 Å². The molecule has 1 aromatic carbocycles. The Morgan fingerprint density at radius 3 is 3.07 bits per heavy atom. The van der Waals surface area contributed by atoms with Crippen LogP contribution in [0.4, 0.5) is 0 Å². The lowest BCUT2D eigenvalue weighted by Gasteiger charge is -2.01. The van der Waals surface area contributed by atoms with E-state index in [0.717, 1.165) is 16.4 Å². The summed E-state index contributed by atoms with van der Waals surface area (Å²) in [6.45, 7) is 2.02. The van der Waals surface area contributed by atoms with Gasteiger partial charge < -0.3 is 5.73 Å². The van der Waals surface area contributed by atoms with Crippen molar-refractivity contribution in [1.82, 2.24) is 4.37 Å². The first-order chi connectivity index (χ1) is 6.66. The van der Waals surface area contributed by atoms with Gasteiger partial charge in [0.1, 0.15) is 0 Å². The molecule has 4 heteroatoms. The molecule has 2 nitrogen and oxygen atoms in total. The van der Waals surface area contributed by atoms with Crippen LogP contribution in [0.25, 0.3) is 10.9 Å². The van der Waals surface area contributed by atoms with E-state index in [4.69, 9.17) is 5.73 Å². The monoisotopic (exact) mass is 270 g/mol. The third-order valence-electron chi connectivity index (χ3n) is 2.02. The SMILES string of the molecule is CC(N)Cc1snc2ccc(Br)cc12. The van der Waals surface area contributed by atoms with Gasteiger partial charge in [-0.2, -0.15) is 4.37 Å². The van der Waals surface area contributed by atoms with E-state index in [9.17, 15) is 0 Å². The average molecular weight is 271 g/mol. The number of benzene rings is 1. The van der Waals surface area contributed by atoms with Crippen molar-refractivity contribution in [2.75, 3.05) is 0 Å². The molecule has 74 valence electrons. The fraction of sp³-hybridized carbons (Fsp3) is 0.300. The van der Waals surface area contributed by atoms with Crippen LogP contribution in [0.2, 0.25) is 0 Å². The van der Waals surface area contributed by atoms with Crippen LogP contribution in [-0.4, -0.2) is 10.4 Å². The number of fused-ring (bicyclic) bond motifs is 1. The quantitative estimate of drug-likeness (QED) is 0.912. The van der Waals surface area contributed by atoms with Gasteiger partial charge in [0.05, 0.1) is 5.52 Å². The molecule has 1 aromatic heterocycles. The van der Waals surface area contributed by atoms with Crippen LogP contribution < -0.4 is 5.73 Å². The highest BCUT2D eigenvalue weighted by Crippen LogP contribution is 2.26.